The lowest BCUT2D eigenvalue weighted by atomic mass is 10.0. The van der Waals surface area contributed by atoms with Gasteiger partial charge in [-0.1, -0.05) is 29.8 Å². The first-order valence-electron chi connectivity index (χ1n) is 6.40. The Hall–Kier alpha value is -1.11. The van der Waals surface area contributed by atoms with Crippen LogP contribution in [0.3, 0.4) is 0 Å². The molecule has 2 aromatic carbocycles. The molecule has 1 N–H and O–H groups in total. The second kappa shape index (κ2) is 5.94. The molecule has 5 heteroatoms. The van der Waals surface area contributed by atoms with E-state index in [0.29, 0.717) is 10.8 Å². The van der Waals surface area contributed by atoms with Crippen LogP contribution in [0.15, 0.2) is 46.9 Å². The van der Waals surface area contributed by atoms with Gasteiger partial charge in [0.25, 0.3) is 0 Å². The van der Waals surface area contributed by atoms with E-state index < -0.39 is 0 Å². The molecule has 0 saturated heterocycles. The maximum absolute atomic E-state index is 13.8. The van der Waals surface area contributed by atoms with E-state index in [2.05, 4.69) is 27.9 Å². The fraction of sp³-hybridized carbons (Fsp3) is 0.125. The Morgan fingerprint density at radius 2 is 2.05 bits per heavy atom. The highest BCUT2D eigenvalue weighted by Gasteiger charge is 2.18. The summed E-state index contributed by atoms with van der Waals surface area (Å²) in [6.45, 7) is 0. The molecule has 1 heterocycles. The fourth-order valence-electron chi connectivity index (χ4n) is 2.35. The Bertz CT molecular complexity index is 802. The third-order valence-electron chi connectivity index (χ3n) is 3.37. The summed E-state index contributed by atoms with van der Waals surface area (Å²) in [5.41, 5.74) is 1.26. The number of hydrogen-bond donors (Lipinski definition) is 1. The van der Waals surface area contributed by atoms with Crippen molar-refractivity contribution in [1.29, 1.82) is 0 Å². The predicted molar refractivity (Wildman–Crippen MR) is 91.2 cm³/mol. The molecule has 0 spiro atoms. The molecule has 1 unspecified atom stereocenters. The highest BCUT2D eigenvalue weighted by molar-refractivity contribution is 14.1. The molecule has 2 nitrogen and oxygen atoms in total. The van der Waals surface area contributed by atoms with Crippen molar-refractivity contribution in [3.05, 3.63) is 68.2 Å². The number of para-hydroxylation sites is 1. The van der Waals surface area contributed by atoms with Gasteiger partial charge < -0.3 is 9.73 Å². The summed E-state index contributed by atoms with van der Waals surface area (Å²) in [7, 11) is 1.83. The number of nitrogens with one attached hydrogen (secondary N) is 1. The molecule has 0 aliphatic heterocycles. The van der Waals surface area contributed by atoms with Crippen molar-refractivity contribution >= 4 is 45.2 Å². The van der Waals surface area contributed by atoms with E-state index in [1.165, 1.54) is 6.07 Å². The Kier molecular flexibility index (Phi) is 4.19. The summed E-state index contributed by atoms with van der Waals surface area (Å²) in [4.78, 5) is 0. The van der Waals surface area contributed by atoms with Crippen molar-refractivity contribution in [2.24, 2.45) is 0 Å². The minimum absolute atomic E-state index is 0.175. The molecule has 3 rings (SSSR count). The van der Waals surface area contributed by atoms with Gasteiger partial charge in [-0.25, -0.2) is 4.39 Å². The first-order valence-corrected chi connectivity index (χ1v) is 7.86. The molecular formula is C16H12ClFINO. The standard InChI is InChI=1S/C16H12ClFINO/c1-20-15(9-5-6-13(19)11(17)7-9)14-8-10-3-2-4-12(18)16(10)21-14/h2-8,15,20H,1H3. The average molecular weight is 416 g/mol. The van der Waals surface area contributed by atoms with E-state index in [0.717, 1.165) is 14.5 Å². The molecule has 0 bridgehead atoms. The SMILES string of the molecule is CNC(c1ccc(I)c(Cl)c1)c1cc2cccc(F)c2o1. The van der Waals surface area contributed by atoms with Gasteiger partial charge in [0.15, 0.2) is 11.4 Å². The van der Waals surface area contributed by atoms with E-state index >= 15 is 0 Å². The predicted octanol–water partition coefficient (Wildman–Crippen LogP) is 5.14. The number of halogens is 3. The van der Waals surface area contributed by atoms with Crippen LogP contribution in [0.1, 0.15) is 17.4 Å². The molecular weight excluding hydrogens is 404 g/mol. The molecule has 0 amide bonds. The molecule has 0 aliphatic carbocycles. The topological polar surface area (TPSA) is 25.2 Å². The number of hydrogen-bond acceptors (Lipinski definition) is 2. The summed E-state index contributed by atoms with van der Waals surface area (Å²) >= 11 is 8.36. The van der Waals surface area contributed by atoms with Gasteiger partial charge in [0.05, 0.1) is 11.1 Å². The molecule has 108 valence electrons. The van der Waals surface area contributed by atoms with Crippen LogP contribution in [0.5, 0.6) is 0 Å². The monoisotopic (exact) mass is 415 g/mol. The second-order valence-corrected chi connectivity index (χ2v) is 6.27. The summed E-state index contributed by atoms with van der Waals surface area (Å²) < 4.78 is 20.4. The lowest BCUT2D eigenvalue weighted by Gasteiger charge is -2.14. The lowest BCUT2D eigenvalue weighted by molar-refractivity contribution is 0.476. The summed E-state index contributed by atoms with van der Waals surface area (Å²) in [6, 6.07) is 12.4. The van der Waals surface area contributed by atoms with Gasteiger partial charge in [0, 0.05) is 8.96 Å². The van der Waals surface area contributed by atoms with Crippen LogP contribution < -0.4 is 5.32 Å². The molecule has 1 aromatic heterocycles. The summed E-state index contributed by atoms with van der Waals surface area (Å²) in [5.74, 6) is 0.309. The Balaban J connectivity index is 2.09. The van der Waals surface area contributed by atoms with Gasteiger partial charge in [-0.3, -0.25) is 0 Å². The minimum Gasteiger partial charge on any atom is -0.456 e. The maximum Gasteiger partial charge on any atom is 0.169 e. The molecule has 0 fully saturated rings. The largest absolute Gasteiger partial charge is 0.456 e. The third kappa shape index (κ3) is 2.80. The Morgan fingerprint density at radius 3 is 2.71 bits per heavy atom. The number of fused-ring (bicyclic) bond motifs is 1. The highest BCUT2D eigenvalue weighted by atomic mass is 127. The van der Waals surface area contributed by atoms with Crippen molar-refractivity contribution < 1.29 is 8.81 Å². The van der Waals surface area contributed by atoms with Gasteiger partial charge >= 0.3 is 0 Å². The molecule has 0 aliphatic rings. The van der Waals surface area contributed by atoms with Gasteiger partial charge in [0.2, 0.25) is 0 Å². The van der Waals surface area contributed by atoms with Crippen molar-refractivity contribution in [1.82, 2.24) is 5.32 Å². The molecule has 21 heavy (non-hydrogen) atoms. The van der Waals surface area contributed by atoms with Crippen LogP contribution in [0, 0.1) is 9.39 Å². The normalized spacial score (nSPS) is 12.8. The van der Waals surface area contributed by atoms with E-state index in [-0.39, 0.29) is 17.4 Å². The fourth-order valence-corrected chi connectivity index (χ4v) is 2.88. The van der Waals surface area contributed by atoms with Crippen LogP contribution >= 0.6 is 34.2 Å². The van der Waals surface area contributed by atoms with Crippen LogP contribution in [-0.2, 0) is 0 Å². The Labute approximate surface area is 140 Å². The zero-order valence-electron chi connectivity index (χ0n) is 11.2. The molecule has 0 saturated carbocycles. The first-order chi connectivity index (χ1) is 10.1. The maximum atomic E-state index is 13.8. The van der Waals surface area contributed by atoms with Crippen LogP contribution in [0.25, 0.3) is 11.0 Å². The van der Waals surface area contributed by atoms with Crippen LogP contribution in [0.2, 0.25) is 5.02 Å². The quantitative estimate of drug-likeness (QED) is 0.599. The average Bonchev–Trinajstić information content (AvgIpc) is 2.89. The van der Waals surface area contributed by atoms with E-state index in [1.807, 2.05) is 37.4 Å². The van der Waals surface area contributed by atoms with Gasteiger partial charge in [-0.05, 0) is 59.5 Å². The van der Waals surface area contributed by atoms with E-state index in [9.17, 15) is 4.39 Å². The van der Waals surface area contributed by atoms with Crippen molar-refractivity contribution in [2.45, 2.75) is 6.04 Å². The number of rotatable bonds is 3. The van der Waals surface area contributed by atoms with E-state index in [4.69, 9.17) is 16.0 Å². The minimum atomic E-state index is -0.353. The Morgan fingerprint density at radius 1 is 1.24 bits per heavy atom. The third-order valence-corrected chi connectivity index (χ3v) is 4.94. The summed E-state index contributed by atoms with van der Waals surface area (Å²) in [6.07, 6.45) is 0. The van der Waals surface area contributed by atoms with Gasteiger partial charge in [-0.2, -0.15) is 0 Å². The van der Waals surface area contributed by atoms with E-state index in [1.54, 1.807) is 6.07 Å². The van der Waals surface area contributed by atoms with Gasteiger partial charge in [-0.15, -0.1) is 0 Å². The zero-order chi connectivity index (χ0) is 15.0. The van der Waals surface area contributed by atoms with Crippen LogP contribution in [-0.4, -0.2) is 7.05 Å². The van der Waals surface area contributed by atoms with Crippen molar-refractivity contribution in [3.8, 4) is 0 Å². The summed E-state index contributed by atoms with van der Waals surface area (Å²) in [5, 5.41) is 4.63. The lowest BCUT2D eigenvalue weighted by Crippen LogP contribution is -2.17. The molecule has 0 radical (unpaired) electrons. The van der Waals surface area contributed by atoms with Crippen LogP contribution in [0.4, 0.5) is 4.39 Å². The van der Waals surface area contributed by atoms with Gasteiger partial charge in [0.1, 0.15) is 5.76 Å². The number of benzene rings is 2. The highest BCUT2D eigenvalue weighted by Crippen LogP contribution is 2.31. The first kappa shape index (κ1) is 14.8. The molecule has 3 aromatic rings. The second-order valence-electron chi connectivity index (χ2n) is 4.70. The smallest absolute Gasteiger partial charge is 0.169 e. The molecule has 1 atom stereocenters. The number of furan rings is 1. The van der Waals surface area contributed by atoms with Crippen molar-refractivity contribution in [3.63, 3.8) is 0 Å². The zero-order valence-corrected chi connectivity index (χ0v) is 14.1. The van der Waals surface area contributed by atoms with Crippen molar-refractivity contribution in [2.75, 3.05) is 7.05 Å².